The zero-order valence-corrected chi connectivity index (χ0v) is 7.66. The number of hydrogen-bond donors (Lipinski definition) is 0. The number of ether oxygens (including phenoxy) is 1. The van der Waals surface area contributed by atoms with Gasteiger partial charge in [-0.25, -0.2) is 4.79 Å². The number of hydrogen-bond acceptors (Lipinski definition) is 3. The molecule has 0 spiro atoms. The molecule has 0 aromatic rings. The maximum Gasteiger partial charge on any atom is 0.409 e. The number of amides is 1. The molecule has 3 aliphatic rings. The predicted octanol–water partition coefficient (Wildman–Crippen LogP) is 0.664. The van der Waals surface area contributed by atoms with Gasteiger partial charge >= 0.3 is 6.09 Å². The minimum atomic E-state index is -0.273. The monoisotopic (exact) mass is 183 g/mol. The normalized spacial score (nSPS) is 31.2. The predicted molar refractivity (Wildman–Crippen MR) is 45.2 cm³/mol. The van der Waals surface area contributed by atoms with Crippen LogP contribution in [0.2, 0.25) is 0 Å². The summed E-state index contributed by atoms with van der Waals surface area (Å²) in [5.74, 6) is 0.534. The minimum absolute atomic E-state index is 0.100. The Morgan fingerprint density at radius 3 is 2.62 bits per heavy atom. The SMILES string of the molecule is CCOC(=O)N1C[C@H]2C[C@@H](C1)C2=O. The van der Waals surface area contributed by atoms with Crippen LogP contribution < -0.4 is 0 Å². The van der Waals surface area contributed by atoms with Crippen LogP contribution in [-0.2, 0) is 9.53 Å². The molecule has 4 heteroatoms. The highest BCUT2D eigenvalue weighted by Crippen LogP contribution is 2.36. The Hall–Kier alpha value is -1.06. The summed E-state index contributed by atoms with van der Waals surface area (Å²) in [5.41, 5.74) is 0. The fraction of sp³-hybridized carbons (Fsp3) is 0.778. The van der Waals surface area contributed by atoms with Crippen molar-refractivity contribution >= 4 is 11.9 Å². The first-order chi connectivity index (χ1) is 6.22. The lowest BCUT2D eigenvalue weighted by Gasteiger charge is -2.44. The number of ketones is 1. The summed E-state index contributed by atoms with van der Waals surface area (Å²) < 4.78 is 4.86. The van der Waals surface area contributed by atoms with Gasteiger partial charge in [-0.05, 0) is 13.3 Å². The van der Waals surface area contributed by atoms with Crippen molar-refractivity contribution in [3.8, 4) is 0 Å². The van der Waals surface area contributed by atoms with Crippen LogP contribution in [0.25, 0.3) is 0 Å². The highest BCUT2D eigenvalue weighted by atomic mass is 16.6. The van der Waals surface area contributed by atoms with Gasteiger partial charge < -0.3 is 9.64 Å². The molecule has 2 atom stereocenters. The molecule has 3 fully saturated rings. The van der Waals surface area contributed by atoms with E-state index in [1.165, 1.54) is 0 Å². The number of Topliss-reactive ketones (excluding diaryl/α,β-unsaturated/α-hetero) is 1. The Morgan fingerprint density at radius 2 is 2.15 bits per heavy atom. The van der Waals surface area contributed by atoms with Crippen LogP contribution in [0, 0.1) is 11.8 Å². The quantitative estimate of drug-likeness (QED) is 0.600. The fourth-order valence-corrected chi connectivity index (χ4v) is 2.05. The maximum atomic E-state index is 11.3. The molecule has 2 heterocycles. The summed E-state index contributed by atoms with van der Waals surface area (Å²) in [4.78, 5) is 24.1. The van der Waals surface area contributed by atoms with Crippen LogP contribution in [0.1, 0.15) is 13.3 Å². The van der Waals surface area contributed by atoms with Crippen molar-refractivity contribution in [3.05, 3.63) is 0 Å². The second-order valence-corrected chi connectivity index (χ2v) is 3.64. The molecule has 13 heavy (non-hydrogen) atoms. The van der Waals surface area contributed by atoms with E-state index in [-0.39, 0.29) is 17.9 Å². The van der Waals surface area contributed by atoms with E-state index in [2.05, 4.69) is 0 Å². The summed E-state index contributed by atoms with van der Waals surface area (Å²) in [6.45, 7) is 3.31. The van der Waals surface area contributed by atoms with Crippen LogP contribution >= 0.6 is 0 Å². The lowest BCUT2D eigenvalue weighted by Crippen LogP contribution is -2.57. The van der Waals surface area contributed by atoms with Crippen LogP contribution in [0.4, 0.5) is 4.79 Å². The third-order valence-electron chi connectivity index (χ3n) is 2.78. The molecule has 1 saturated carbocycles. The van der Waals surface area contributed by atoms with E-state index in [1.807, 2.05) is 0 Å². The van der Waals surface area contributed by atoms with Gasteiger partial charge in [0, 0.05) is 24.9 Å². The summed E-state index contributed by atoms with van der Waals surface area (Å²) in [7, 11) is 0. The Labute approximate surface area is 76.8 Å². The molecule has 72 valence electrons. The van der Waals surface area contributed by atoms with Crippen LogP contribution in [0.3, 0.4) is 0 Å². The van der Waals surface area contributed by atoms with E-state index in [0.29, 0.717) is 25.5 Å². The number of fused-ring (bicyclic) bond motifs is 2. The third-order valence-corrected chi connectivity index (χ3v) is 2.78. The molecule has 4 nitrogen and oxygen atoms in total. The fourth-order valence-electron chi connectivity index (χ4n) is 2.05. The number of nitrogens with zero attached hydrogens (tertiary/aromatic N) is 1. The Morgan fingerprint density at radius 1 is 1.54 bits per heavy atom. The number of piperidine rings is 2. The Balaban J connectivity index is 1.91. The molecule has 0 aromatic heterocycles. The first-order valence-corrected chi connectivity index (χ1v) is 4.67. The average Bonchev–Trinajstić information content (AvgIpc) is 2.17. The van der Waals surface area contributed by atoms with E-state index in [9.17, 15) is 9.59 Å². The van der Waals surface area contributed by atoms with Gasteiger partial charge in [0.1, 0.15) is 5.78 Å². The maximum absolute atomic E-state index is 11.3. The summed E-state index contributed by atoms with van der Waals surface area (Å²) in [6.07, 6.45) is 0.694. The van der Waals surface area contributed by atoms with E-state index in [0.717, 1.165) is 6.42 Å². The molecule has 0 unspecified atom stereocenters. The summed E-state index contributed by atoms with van der Waals surface area (Å²) >= 11 is 0. The van der Waals surface area contributed by atoms with Gasteiger partial charge in [-0.2, -0.15) is 0 Å². The van der Waals surface area contributed by atoms with Crippen LogP contribution in [0.15, 0.2) is 0 Å². The highest BCUT2D eigenvalue weighted by Gasteiger charge is 2.47. The van der Waals surface area contributed by atoms with E-state index in [4.69, 9.17) is 4.74 Å². The molecule has 2 bridgehead atoms. The topological polar surface area (TPSA) is 46.6 Å². The lowest BCUT2D eigenvalue weighted by molar-refractivity contribution is -0.142. The molecular weight excluding hydrogens is 170 g/mol. The van der Waals surface area contributed by atoms with Crippen LogP contribution in [0.5, 0.6) is 0 Å². The van der Waals surface area contributed by atoms with Crippen molar-refractivity contribution in [1.29, 1.82) is 0 Å². The summed E-state index contributed by atoms with van der Waals surface area (Å²) in [6, 6.07) is 0. The second kappa shape index (κ2) is 3.01. The highest BCUT2D eigenvalue weighted by molar-refractivity contribution is 5.91. The average molecular weight is 183 g/mol. The number of rotatable bonds is 1. The molecule has 0 radical (unpaired) electrons. The largest absolute Gasteiger partial charge is 0.450 e. The number of carbonyl (C=O) groups excluding carboxylic acids is 2. The molecule has 2 saturated heterocycles. The Bertz CT molecular complexity index is 237. The van der Waals surface area contributed by atoms with Crippen molar-refractivity contribution in [2.75, 3.05) is 19.7 Å². The standard InChI is InChI=1S/C9H13NO3/c1-2-13-9(12)10-4-6-3-7(5-10)8(6)11/h6-7H,2-5H2,1H3/t6-,7+. The van der Waals surface area contributed by atoms with E-state index < -0.39 is 0 Å². The molecule has 0 aromatic carbocycles. The third kappa shape index (κ3) is 1.30. The van der Waals surface area contributed by atoms with Gasteiger partial charge in [-0.1, -0.05) is 0 Å². The van der Waals surface area contributed by atoms with Crippen LogP contribution in [-0.4, -0.2) is 36.5 Å². The van der Waals surface area contributed by atoms with Gasteiger partial charge in [0.25, 0.3) is 0 Å². The Kier molecular flexibility index (Phi) is 1.98. The van der Waals surface area contributed by atoms with Gasteiger partial charge in [-0.15, -0.1) is 0 Å². The molecule has 1 aliphatic carbocycles. The van der Waals surface area contributed by atoms with Gasteiger partial charge in [0.2, 0.25) is 0 Å². The zero-order valence-electron chi connectivity index (χ0n) is 7.66. The van der Waals surface area contributed by atoms with E-state index >= 15 is 0 Å². The van der Waals surface area contributed by atoms with Crippen molar-refractivity contribution in [2.45, 2.75) is 13.3 Å². The summed E-state index contributed by atoms with van der Waals surface area (Å²) in [5, 5.41) is 0. The van der Waals surface area contributed by atoms with Crippen molar-refractivity contribution in [1.82, 2.24) is 4.90 Å². The van der Waals surface area contributed by atoms with Gasteiger partial charge in [0.15, 0.2) is 0 Å². The lowest BCUT2D eigenvalue weighted by atomic mass is 9.70. The van der Waals surface area contributed by atoms with Crippen molar-refractivity contribution in [2.24, 2.45) is 11.8 Å². The van der Waals surface area contributed by atoms with Gasteiger partial charge in [-0.3, -0.25) is 4.79 Å². The molecule has 3 rings (SSSR count). The van der Waals surface area contributed by atoms with E-state index in [1.54, 1.807) is 11.8 Å². The van der Waals surface area contributed by atoms with Crippen molar-refractivity contribution < 1.29 is 14.3 Å². The minimum Gasteiger partial charge on any atom is -0.450 e. The first-order valence-electron chi connectivity index (χ1n) is 4.67. The molecule has 2 aliphatic heterocycles. The second-order valence-electron chi connectivity index (χ2n) is 3.64. The molecular formula is C9H13NO3. The molecule has 1 amide bonds. The van der Waals surface area contributed by atoms with Crippen molar-refractivity contribution in [3.63, 3.8) is 0 Å². The van der Waals surface area contributed by atoms with Gasteiger partial charge in [0.05, 0.1) is 6.61 Å². The first kappa shape index (κ1) is 8.53. The molecule has 0 N–H and O–H groups in total. The zero-order chi connectivity index (χ0) is 9.42. The smallest absolute Gasteiger partial charge is 0.409 e. The number of carbonyl (C=O) groups is 2.